The Kier molecular flexibility index (Phi) is 5.88. The van der Waals surface area contributed by atoms with Gasteiger partial charge in [-0.1, -0.05) is 36.4 Å². The summed E-state index contributed by atoms with van der Waals surface area (Å²) in [5.74, 6) is 0.491. The lowest BCUT2D eigenvalue weighted by molar-refractivity contribution is -0.135. The number of nitrogens with zero attached hydrogens (tertiary/aromatic N) is 5. The molecule has 1 aliphatic rings. The first-order valence-electron chi connectivity index (χ1n) is 10.1. The zero-order valence-electron chi connectivity index (χ0n) is 17.0. The largest absolute Gasteiger partial charge is 0.338 e. The van der Waals surface area contributed by atoms with Gasteiger partial charge in [0.05, 0.1) is 12.5 Å². The Labute approximate surface area is 176 Å². The number of hydrogen-bond donors (Lipinski definition) is 0. The average molecular weight is 403 g/mol. The van der Waals surface area contributed by atoms with Gasteiger partial charge in [-0.2, -0.15) is 0 Å². The number of likely N-dealkylation sites (tertiary alicyclic amines) is 1. The summed E-state index contributed by atoms with van der Waals surface area (Å²) in [7, 11) is 1.78. The summed E-state index contributed by atoms with van der Waals surface area (Å²) >= 11 is 0. The number of carbonyl (C=O) groups is 2. The van der Waals surface area contributed by atoms with Gasteiger partial charge in [0.1, 0.15) is 5.82 Å². The highest BCUT2D eigenvalue weighted by Gasteiger charge is 2.35. The second-order valence-electron chi connectivity index (χ2n) is 7.69. The van der Waals surface area contributed by atoms with Gasteiger partial charge in [0.25, 0.3) is 0 Å². The molecule has 154 valence electrons. The molecule has 0 N–H and O–H groups in total. The van der Waals surface area contributed by atoms with Crippen LogP contribution in [-0.4, -0.2) is 49.7 Å². The lowest BCUT2D eigenvalue weighted by Crippen LogP contribution is -2.35. The third kappa shape index (κ3) is 4.56. The molecule has 1 fully saturated rings. The van der Waals surface area contributed by atoms with Crippen molar-refractivity contribution in [1.29, 1.82) is 0 Å². The van der Waals surface area contributed by atoms with E-state index in [1.54, 1.807) is 35.4 Å². The second-order valence-corrected chi connectivity index (χ2v) is 7.69. The van der Waals surface area contributed by atoms with Crippen LogP contribution in [0.4, 0.5) is 0 Å². The third-order valence-corrected chi connectivity index (χ3v) is 5.41. The van der Waals surface area contributed by atoms with E-state index in [9.17, 15) is 9.59 Å². The number of hydrogen-bond acceptors (Lipinski definition) is 4. The van der Waals surface area contributed by atoms with Crippen molar-refractivity contribution in [1.82, 2.24) is 24.3 Å². The molecule has 0 aliphatic carbocycles. The van der Waals surface area contributed by atoms with Crippen molar-refractivity contribution in [3.63, 3.8) is 0 Å². The number of carbonyl (C=O) groups excluding carboxylic acids is 2. The summed E-state index contributed by atoms with van der Waals surface area (Å²) in [5.41, 5.74) is 2.15. The van der Waals surface area contributed by atoms with Crippen LogP contribution < -0.4 is 0 Å². The van der Waals surface area contributed by atoms with Crippen LogP contribution >= 0.6 is 0 Å². The monoisotopic (exact) mass is 403 g/mol. The molecule has 1 aromatic carbocycles. The van der Waals surface area contributed by atoms with Crippen molar-refractivity contribution in [3.8, 4) is 0 Å². The maximum Gasteiger partial charge on any atom is 0.228 e. The van der Waals surface area contributed by atoms with Crippen molar-refractivity contribution in [2.75, 3.05) is 13.6 Å². The third-order valence-electron chi connectivity index (χ3n) is 5.41. The fourth-order valence-corrected chi connectivity index (χ4v) is 3.82. The van der Waals surface area contributed by atoms with E-state index >= 15 is 0 Å². The highest BCUT2D eigenvalue weighted by molar-refractivity contribution is 5.89. The van der Waals surface area contributed by atoms with E-state index in [2.05, 4.69) is 22.1 Å². The number of benzene rings is 1. The van der Waals surface area contributed by atoms with Crippen LogP contribution in [0, 0.1) is 5.92 Å². The Balaban J connectivity index is 1.36. The van der Waals surface area contributed by atoms with Crippen LogP contribution in [-0.2, 0) is 29.2 Å². The minimum Gasteiger partial charge on any atom is -0.338 e. The molecular formula is C23H25N5O2. The normalized spacial score (nSPS) is 16.1. The Hall–Kier alpha value is -3.48. The summed E-state index contributed by atoms with van der Waals surface area (Å²) in [6.07, 6.45) is 7.39. The van der Waals surface area contributed by atoms with Crippen LogP contribution in [0.3, 0.4) is 0 Å². The molecule has 3 aromatic rings. The number of rotatable bonds is 7. The summed E-state index contributed by atoms with van der Waals surface area (Å²) < 4.78 is 2.05. The quantitative estimate of drug-likeness (QED) is 0.607. The molecule has 1 saturated heterocycles. The molecule has 3 heterocycles. The number of imidazole rings is 1. The predicted octanol–water partition coefficient (Wildman–Crippen LogP) is 2.33. The molecule has 0 radical (unpaired) electrons. The Morgan fingerprint density at radius 1 is 1.10 bits per heavy atom. The van der Waals surface area contributed by atoms with Gasteiger partial charge < -0.3 is 14.4 Å². The second kappa shape index (κ2) is 8.90. The number of aromatic nitrogens is 3. The van der Waals surface area contributed by atoms with Gasteiger partial charge >= 0.3 is 0 Å². The summed E-state index contributed by atoms with van der Waals surface area (Å²) in [6.45, 7) is 2.04. The van der Waals surface area contributed by atoms with Crippen LogP contribution in [0.2, 0.25) is 0 Å². The van der Waals surface area contributed by atoms with Crippen molar-refractivity contribution in [2.24, 2.45) is 5.92 Å². The van der Waals surface area contributed by atoms with Crippen molar-refractivity contribution < 1.29 is 9.59 Å². The molecule has 4 rings (SSSR count). The SMILES string of the molecule is CN(Cc1nccn1Cc1ccccc1)C(=O)C1CC(=O)N(Cc2cccnc2)C1. The van der Waals surface area contributed by atoms with Gasteiger partial charge in [-0.15, -0.1) is 0 Å². The first-order chi connectivity index (χ1) is 14.6. The maximum atomic E-state index is 13.0. The highest BCUT2D eigenvalue weighted by Crippen LogP contribution is 2.22. The van der Waals surface area contributed by atoms with Gasteiger partial charge in [-0.3, -0.25) is 14.6 Å². The van der Waals surface area contributed by atoms with E-state index in [0.717, 1.165) is 11.4 Å². The summed E-state index contributed by atoms with van der Waals surface area (Å²) in [6, 6.07) is 13.9. The van der Waals surface area contributed by atoms with Crippen molar-refractivity contribution in [3.05, 3.63) is 84.2 Å². The van der Waals surface area contributed by atoms with Crippen LogP contribution in [0.5, 0.6) is 0 Å². The van der Waals surface area contributed by atoms with Gasteiger partial charge in [-0.05, 0) is 17.2 Å². The highest BCUT2D eigenvalue weighted by atomic mass is 16.2. The zero-order valence-corrected chi connectivity index (χ0v) is 17.0. The fourth-order valence-electron chi connectivity index (χ4n) is 3.82. The lowest BCUT2D eigenvalue weighted by Gasteiger charge is -2.22. The minimum atomic E-state index is -0.322. The Morgan fingerprint density at radius 2 is 1.90 bits per heavy atom. The van der Waals surface area contributed by atoms with Gasteiger partial charge in [0, 0.05) is 57.9 Å². The molecular weight excluding hydrogens is 378 g/mol. The van der Waals surface area contributed by atoms with Gasteiger partial charge in [0.15, 0.2) is 0 Å². The van der Waals surface area contributed by atoms with Crippen LogP contribution in [0.1, 0.15) is 23.4 Å². The van der Waals surface area contributed by atoms with E-state index in [4.69, 9.17) is 0 Å². The van der Waals surface area contributed by atoms with Crippen molar-refractivity contribution in [2.45, 2.75) is 26.1 Å². The predicted molar refractivity (Wildman–Crippen MR) is 112 cm³/mol. The van der Waals surface area contributed by atoms with Gasteiger partial charge in [0.2, 0.25) is 11.8 Å². The fraction of sp³-hybridized carbons (Fsp3) is 0.304. The smallest absolute Gasteiger partial charge is 0.228 e. The van der Waals surface area contributed by atoms with E-state index in [1.165, 1.54) is 5.56 Å². The first kappa shape index (κ1) is 19.8. The molecule has 0 bridgehead atoms. The van der Waals surface area contributed by atoms with Gasteiger partial charge in [-0.25, -0.2) is 4.98 Å². The van der Waals surface area contributed by atoms with E-state index in [1.807, 2.05) is 41.1 Å². The zero-order chi connectivity index (χ0) is 20.9. The number of pyridine rings is 1. The molecule has 0 saturated carbocycles. The molecule has 1 aliphatic heterocycles. The standard InChI is InChI=1S/C23H25N5O2/c1-26(17-21-25-10-11-27(21)14-18-6-3-2-4-7-18)23(30)20-12-22(29)28(16-20)15-19-8-5-9-24-13-19/h2-11,13,20H,12,14-17H2,1H3. The van der Waals surface area contributed by atoms with E-state index < -0.39 is 0 Å². The Bertz CT molecular complexity index is 1000. The lowest BCUT2D eigenvalue weighted by atomic mass is 10.1. The maximum absolute atomic E-state index is 13.0. The molecule has 2 amide bonds. The topological polar surface area (TPSA) is 71.3 Å². The van der Waals surface area contributed by atoms with Crippen LogP contribution in [0.15, 0.2) is 67.3 Å². The molecule has 30 heavy (non-hydrogen) atoms. The molecule has 0 spiro atoms. The molecule has 2 aromatic heterocycles. The van der Waals surface area contributed by atoms with Crippen LogP contribution in [0.25, 0.3) is 0 Å². The first-order valence-corrected chi connectivity index (χ1v) is 10.1. The summed E-state index contributed by atoms with van der Waals surface area (Å²) in [5, 5.41) is 0. The van der Waals surface area contributed by atoms with E-state index in [0.29, 0.717) is 26.2 Å². The van der Waals surface area contributed by atoms with E-state index in [-0.39, 0.29) is 24.2 Å². The number of amides is 2. The molecule has 7 heteroatoms. The minimum absolute atomic E-state index is 0.0104. The van der Waals surface area contributed by atoms with Crippen molar-refractivity contribution >= 4 is 11.8 Å². The molecule has 7 nitrogen and oxygen atoms in total. The Morgan fingerprint density at radius 3 is 2.67 bits per heavy atom. The molecule has 1 atom stereocenters. The molecule has 1 unspecified atom stereocenters. The average Bonchev–Trinajstić information content (AvgIpc) is 3.35. The summed E-state index contributed by atoms with van der Waals surface area (Å²) in [4.78, 5) is 37.3.